The highest BCUT2D eigenvalue weighted by molar-refractivity contribution is 9.10. The maximum atomic E-state index is 13.7. The van der Waals surface area contributed by atoms with Crippen molar-refractivity contribution in [2.75, 3.05) is 13.7 Å². The van der Waals surface area contributed by atoms with Crippen molar-refractivity contribution >= 4 is 22.0 Å². The smallest absolute Gasteiger partial charge is 0.408 e. The number of hydrogen-bond donors (Lipinski definition) is 1. The van der Waals surface area contributed by atoms with Gasteiger partial charge in [-0.15, -0.1) is 0 Å². The molecule has 0 spiro atoms. The Kier molecular flexibility index (Phi) is 3.43. The van der Waals surface area contributed by atoms with Gasteiger partial charge in [-0.3, -0.25) is 0 Å². The van der Waals surface area contributed by atoms with E-state index < -0.39 is 24.7 Å². The molecule has 1 aromatic rings. The van der Waals surface area contributed by atoms with E-state index in [1.54, 1.807) is 12.1 Å². The Hall–Kier alpha value is -1.37. The number of carbonyl (C=O) groups excluding carboxylic acids is 1. The third-order valence-corrected chi connectivity index (χ3v) is 3.32. The topological polar surface area (TPSA) is 47.6 Å². The van der Waals surface area contributed by atoms with Crippen LogP contribution in [0.1, 0.15) is 11.6 Å². The van der Waals surface area contributed by atoms with Crippen LogP contribution in [0.25, 0.3) is 0 Å². The summed E-state index contributed by atoms with van der Waals surface area (Å²) in [5.41, 5.74) is 0.246. The summed E-state index contributed by atoms with van der Waals surface area (Å²) in [7, 11) is 1.44. The number of methoxy groups -OCH3 is 1. The molecule has 1 atom stereocenters. The van der Waals surface area contributed by atoms with Gasteiger partial charge in [0.2, 0.25) is 0 Å². The molecule has 1 N–H and O–H groups in total. The lowest BCUT2D eigenvalue weighted by Gasteiger charge is -2.32. The zero-order valence-corrected chi connectivity index (χ0v) is 11.0. The number of alkyl halides is 2. The number of amides is 1. The lowest BCUT2D eigenvalue weighted by atomic mass is 10.00. The van der Waals surface area contributed by atoms with E-state index in [9.17, 15) is 13.6 Å². The highest BCUT2D eigenvalue weighted by atomic mass is 79.9. The van der Waals surface area contributed by atoms with E-state index in [1.165, 1.54) is 13.2 Å². The number of halogens is 3. The predicted molar refractivity (Wildman–Crippen MR) is 62.9 cm³/mol. The minimum Gasteiger partial charge on any atom is -0.497 e. The summed E-state index contributed by atoms with van der Waals surface area (Å²) < 4.78 is 37.2. The predicted octanol–water partition coefficient (Wildman–Crippen LogP) is 2.87. The Balaban J connectivity index is 2.42. The van der Waals surface area contributed by atoms with Gasteiger partial charge in [0, 0.05) is 4.47 Å². The monoisotopic (exact) mass is 321 g/mol. The number of cyclic esters (lactones) is 1. The maximum Gasteiger partial charge on any atom is 0.408 e. The van der Waals surface area contributed by atoms with Crippen molar-refractivity contribution in [3.05, 3.63) is 28.2 Å². The van der Waals surface area contributed by atoms with Crippen LogP contribution in [0.4, 0.5) is 13.6 Å². The van der Waals surface area contributed by atoms with E-state index in [0.29, 0.717) is 10.2 Å². The molecule has 1 heterocycles. The summed E-state index contributed by atoms with van der Waals surface area (Å²) in [4.78, 5) is 11.1. The number of alkyl carbamates (subject to hydrolysis) is 1. The first-order valence-electron chi connectivity index (χ1n) is 5.08. The van der Waals surface area contributed by atoms with Gasteiger partial charge in [0.25, 0.3) is 0 Å². The fourth-order valence-corrected chi connectivity index (χ4v) is 2.16. The quantitative estimate of drug-likeness (QED) is 0.911. The lowest BCUT2D eigenvalue weighted by Crippen LogP contribution is -2.49. The van der Waals surface area contributed by atoms with E-state index in [0.717, 1.165) is 0 Å². The number of rotatable bonds is 2. The summed E-state index contributed by atoms with van der Waals surface area (Å²) in [6, 6.07) is 3.23. The van der Waals surface area contributed by atoms with E-state index in [-0.39, 0.29) is 5.56 Å². The van der Waals surface area contributed by atoms with Crippen LogP contribution in [0.3, 0.4) is 0 Å². The molecule has 0 unspecified atom stereocenters. The largest absolute Gasteiger partial charge is 0.497 e. The first-order valence-corrected chi connectivity index (χ1v) is 5.88. The molecule has 0 saturated carbocycles. The molecule has 0 bridgehead atoms. The van der Waals surface area contributed by atoms with Crippen LogP contribution in [0, 0.1) is 0 Å². The van der Waals surface area contributed by atoms with Gasteiger partial charge in [0.05, 0.1) is 7.11 Å². The molecule has 1 aromatic carbocycles. The number of nitrogens with one attached hydrogen (secondary N) is 1. The summed E-state index contributed by atoms with van der Waals surface area (Å²) in [5, 5.41) is 2.12. The molecule has 1 aliphatic rings. The van der Waals surface area contributed by atoms with E-state index in [1.807, 2.05) is 0 Å². The van der Waals surface area contributed by atoms with Gasteiger partial charge in [-0.2, -0.15) is 0 Å². The molecule has 98 valence electrons. The average molecular weight is 322 g/mol. The highest BCUT2D eigenvalue weighted by Crippen LogP contribution is 2.38. The van der Waals surface area contributed by atoms with Crippen molar-refractivity contribution in [2.45, 2.75) is 12.0 Å². The second-order valence-corrected chi connectivity index (χ2v) is 4.66. The Morgan fingerprint density at radius 3 is 2.94 bits per heavy atom. The second kappa shape index (κ2) is 4.72. The van der Waals surface area contributed by atoms with Gasteiger partial charge in [-0.1, -0.05) is 15.9 Å². The standard InChI is InChI=1S/C11H10BrF2NO3/c1-17-6-2-3-8(12)7(4-6)9-11(13,14)5-18-10(16)15-9/h2-4,9H,5H2,1H3,(H,15,16)/t9-/m0/s1. The molecule has 7 heteroatoms. The van der Waals surface area contributed by atoms with Crippen LogP contribution in [0.15, 0.2) is 22.7 Å². The van der Waals surface area contributed by atoms with Crippen LogP contribution < -0.4 is 10.1 Å². The Bertz CT molecular complexity index is 481. The van der Waals surface area contributed by atoms with Gasteiger partial charge < -0.3 is 14.8 Å². The summed E-state index contributed by atoms with van der Waals surface area (Å²) in [6.07, 6.45) is -0.861. The summed E-state index contributed by atoms with van der Waals surface area (Å²) >= 11 is 3.19. The maximum absolute atomic E-state index is 13.7. The Labute approximate surface area is 110 Å². The van der Waals surface area contributed by atoms with Crippen molar-refractivity contribution in [1.29, 1.82) is 0 Å². The first kappa shape index (κ1) is 13.1. The molecule has 0 aromatic heterocycles. The SMILES string of the molecule is COc1ccc(Br)c([C@@H]2NC(=O)OCC2(F)F)c1. The molecule has 1 aliphatic heterocycles. The first-order chi connectivity index (χ1) is 8.44. The fourth-order valence-electron chi connectivity index (χ4n) is 1.69. The molecule has 0 aliphatic carbocycles. The van der Waals surface area contributed by atoms with Crippen LogP contribution in [-0.4, -0.2) is 25.7 Å². The Morgan fingerprint density at radius 1 is 1.56 bits per heavy atom. The van der Waals surface area contributed by atoms with E-state index in [2.05, 4.69) is 26.0 Å². The normalized spacial score (nSPS) is 22.0. The summed E-state index contributed by atoms with van der Waals surface area (Å²) in [6.45, 7) is -0.937. The van der Waals surface area contributed by atoms with Crippen molar-refractivity contribution in [2.24, 2.45) is 0 Å². The highest BCUT2D eigenvalue weighted by Gasteiger charge is 2.47. The zero-order valence-electron chi connectivity index (χ0n) is 9.38. The Morgan fingerprint density at radius 2 is 2.28 bits per heavy atom. The minimum atomic E-state index is -3.18. The molecular weight excluding hydrogens is 312 g/mol. The molecule has 1 amide bonds. The third-order valence-electron chi connectivity index (χ3n) is 2.59. The molecule has 1 saturated heterocycles. The number of ether oxygens (including phenoxy) is 2. The van der Waals surface area contributed by atoms with Crippen molar-refractivity contribution < 1.29 is 23.0 Å². The summed E-state index contributed by atoms with van der Waals surface area (Å²) in [5.74, 6) is -2.74. The molecule has 4 nitrogen and oxygen atoms in total. The molecule has 0 radical (unpaired) electrons. The number of hydrogen-bond acceptors (Lipinski definition) is 3. The molecule has 18 heavy (non-hydrogen) atoms. The molecule has 2 rings (SSSR count). The average Bonchev–Trinajstić information content (AvgIpc) is 2.33. The zero-order chi connectivity index (χ0) is 13.3. The van der Waals surface area contributed by atoms with Crippen LogP contribution in [0.2, 0.25) is 0 Å². The van der Waals surface area contributed by atoms with Gasteiger partial charge >= 0.3 is 12.0 Å². The van der Waals surface area contributed by atoms with Crippen LogP contribution >= 0.6 is 15.9 Å². The number of benzene rings is 1. The third kappa shape index (κ3) is 2.40. The van der Waals surface area contributed by atoms with Crippen LogP contribution in [0.5, 0.6) is 5.75 Å². The van der Waals surface area contributed by atoms with E-state index in [4.69, 9.17) is 4.74 Å². The van der Waals surface area contributed by atoms with Crippen molar-refractivity contribution in [3.63, 3.8) is 0 Å². The van der Waals surface area contributed by atoms with Crippen molar-refractivity contribution in [3.8, 4) is 5.75 Å². The minimum absolute atomic E-state index is 0.246. The van der Waals surface area contributed by atoms with E-state index >= 15 is 0 Å². The van der Waals surface area contributed by atoms with Crippen LogP contribution in [-0.2, 0) is 4.74 Å². The molecular formula is C11H10BrF2NO3. The van der Waals surface area contributed by atoms with Crippen molar-refractivity contribution in [1.82, 2.24) is 5.32 Å². The lowest BCUT2D eigenvalue weighted by molar-refractivity contribution is -0.104. The van der Waals surface area contributed by atoms with Gasteiger partial charge in [-0.05, 0) is 23.8 Å². The van der Waals surface area contributed by atoms with Gasteiger partial charge in [0.15, 0.2) is 6.61 Å². The second-order valence-electron chi connectivity index (χ2n) is 3.80. The van der Waals surface area contributed by atoms with Gasteiger partial charge in [0.1, 0.15) is 11.8 Å². The number of carbonyl (C=O) groups is 1. The van der Waals surface area contributed by atoms with Gasteiger partial charge in [-0.25, -0.2) is 13.6 Å². The molecule has 1 fully saturated rings. The fraction of sp³-hybridized carbons (Fsp3) is 0.364.